The van der Waals surface area contributed by atoms with E-state index in [9.17, 15) is 18.4 Å². The lowest BCUT2D eigenvalue weighted by Crippen LogP contribution is -2.39. The Balaban J connectivity index is 2.08. The van der Waals surface area contributed by atoms with Gasteiger partial charge >= 0.3 is 0 Å². The fourth-order valence-electron chi connectivity index (χ4n) is 2.67. The standard InChI is InChI=1S/C16H20F2N2O2/c1-10(2)19-14(21)8-12-6-7-15(22)20(12)9-11-4-3-5-13(17)16(11)18/h3-5,10,12H,6-9H2,1-2H3,(H,19,21). The molecule has 1 atom stereocenters. The lowest BCUT2D eigenvalue weighted by Gasteiger charge is -2.25. The van der Waals surface area contributed by atoms with Crippen LogP contribution in [0.5, 0.6) is 0 Å². The Kier molecular flexibility index (Phi) is 5.11. The maximum atomic E-state index is 13.8. The number of likely N-dealkylation sites (tertiary alicyclic amines) is 1. The molecule has 0 aromatic heterocycles. The van der Waals surface area contributed by atoms with E-state index in [4.69, 9.17) is 0 Å². The molecule has 4 nitrogen and oxygen atoms in total. The molecule has 1 aromatic carbocycles. The van der Waals surface area contributed by atoms with Crippen molar-refractivity contribution in [2.45, 2.75) is 51.7 Å². The molecule has 1 unspecified atom stereocenters. The Morgan fingerprint density at radius 1 is 1.41 bits per heavy atom. The van der Waals surface area contributed by atoms with E-state index >= 15 is 0 Å². The third-order valence-electron chi connectivity index (χ3n) is 3.70. The average Bonchev–Trinajstić information content (AvgIpc) is 2.75. The van der Waals surface area contributed by atoms with Crippen molar-refractivity contribution in [3.8, 4) is 0 Å². The fourth-order valence-corrected chi connectivity index (χ4v) is 2.67. The summed E-state index contributed by atoms with van der Waals surface area (Å²) in [5.41, 5.74) is 0.129. The van der Waals surface area contributed by atoms with Crippen molar-refractivity contribution in [1.82, 2.24) is 10.2 Å². The Bertz CT molecular complexity index is 575. The molecule has 0 aliphatic carbocycles. The molecule has 1 saturated heterocycles. The highest BCUT2D eigenvalue weighted by Gasteiger charge is 2.33. The van der Waals surface area contributed by atoms with Crippen LogP contribution < -0.4 is 5.32 Å². The molecule has 1 fully saturated rings. The van der Waals surface area contributed by atoms with Crippen molar-refractivity contribution in [1.29, 1.82) is 0 Å². The van der Waals surface area contributed by atoms with Crippen molar-refractivity contribution in [2.75, 3.05) is 0 Å². The summed E-state index contributed by atoms with van der Waals surface area (Å²) in [5.74, 6) is -2.14. The van der Waals surface area contributed by atoms with Crippen molar-refractivity contribution in [3.63, 3.8) is 0 Å². The van der Waals surface area contributed by atoms with Gasteiger partial charge in [0.15, 0.2) is 11.6 Å². The number of nitrogens with zero attached hydrogens (tertiary/aromatic N) is 1. The summed E-state index contributed by atoms with van der Waals surface area (Å²) in [7, 11) is 0. The van der Waals surface area contributed by atoms with Crippen LogP contribution in [0.2, 0.25) is 0 Å². The average molecular weight is 310 g/mol. The number of amides is 2. The van der Waals surface area contributed by atoms with Crippen molar-refractivity contribution < 1.29 is 18.4 Å². The van der Waals surface area contributed by atoms with Gasteiger partial charge in [-0.3, -0.25) is 9.59 Å². The highest BCUT2D eigenvalue weighted by Crippen LogP contribution is 2.25. The smallest absolute Gasteiger partial charge is 0.223 e. The van der Waals surface area contributed by atoms with Crippen molar-refractivity contribution >= 4 is 11.8 Å². The zero-order valence-electron chi connectivity index (χ0n) is 12.7. The first-order chi connectivity index (χ1) is 10.4. The van der Waals surface area contributed by atoms with E-state index in [1.807, 2.05) is 13.8 Å². The van der Waals surface area contributed by atoms with E-state index in [1.165, 1.54) is 17.0 Å². The van der Waals surface area contributed by atoms with Gasteiger partial charge in [-0.1, -0.05) is 12.1 Å². The third-order valence-corrected chi connectivity index (χ3v) is 3.70. The number of hydrogen-bond acceptors (Lipinski definition) is 2. The van der Waals surface area contributed by atoms with Gasteiger partial charge in [-0.15, -0.1) is 0 Å². The van der Waals surface area contributed by atoms with Gasteiger partial charge in [0.1, 0.15) is 0 Å². The van der Waals surface area contributed by atoms with Gasteiger partial charge < -0.3 is 10.2 Å². The van der Waals surface area contributed by atoms with Crippen LogP contribution in [0.4, 0.5) is 8.78 Å². The summed E-state index contributed by atoms with van der Waals surface area (Å²) < 4.78 is 27.0. The molecule has 1 heterocycles. The Hall–Kier alpha value is -1.98. The van der Waals surface area contributed by atoms with Crippen LogP contribution in [0, 0.1) is 11.6 Å². The Morgan fingerprint density at radius 2 is 2.14 bits per heavy atom. The first-order valence-corrected chi connectivity index (χ1v) is 7.40. The second-order valence-corrected chi connectivity index (χ2v) is 5.85. The normalized spacial score (nSPS) is 18.1. The first kappa shape index (κ1) is 16.4. The van der Waals surface area contributed by atoms with Gasteiger partial charge in [0, 0.05) is 37.0 Å². The van der Waals surface area contributed by atoms with Gasteiger partial charge in [0.2, 0.25) is 11.8 Å². The monoisotopic (exact) mass is 310 g/mol. The SMILES string of the molecule is CC(C)NC(=O)CC1CCC(=O)N1Cc1cccc(F)c1F. The van der Waals surface area contributed by atoms with E-state index in [0.29, 0.717) is 12.8 Å². The van der Waals surface area contributed by atoms with E-state index in [0.717, 1.165) is 6.07 Å². The summed E-state index contributed by atoms with van der Waals surface area (Å²) in [6.45, 7) is 3.71. The minimum atomic E-state index is -0.937. The topological polar surface area (TPSA) is 49.4 Å². The molecule has 0 bridgehead atoms. The molecule has 0 saturated carbocycles. The molecular weight excluding hydrogens is 290 g/mol. The van der Waals surface area contributed by atoms with Crippen molar-refractivity contribution in [3.05, 3.63) is 35.4 Å². The van der Waals surface area contributed by atoms with Crippen LogP contribution in [-0.4, -0.2) is 28.8 Å². The number of carbonyl (C=O) groups is 2. The third kappa shape index (κ3) is 3.81. The molecule has 6 heteroatoms. The van der Waals surface area contributed by atoms with Crippen LogP contribution in [0.15, 0.2) is 18.2 Å². The van der Waals surface area contributed by atoms with E-state index in [-0.39, 0.29) is 42.4 Å². The van der Waals surface area contributed by atoms with Gasteiger partial charge in [0.25, 0.3) is 0 Å². The quantitative estimate of drug-likeness (QED) is 0.908. The summed E-state index contributed by atoms with van der Waals surface area (Å²) >= 11 is 0. The molecule has 1 aliphatic heterocycles. The second kappa shape index (κ2) is 6.85. The highest BCUT2D eigenvalue weighted by molar-refractivity contribution is 5.82. The number of halogens is 2. The summed E-state index contributed by atoms with van der Waals surface area (Å²) in [6.07, 6.45) is 1.07. The summed E-state index contributed by atoms with van der Waals surface area (Å²) in [5, 5.41) is 2.78. The lowest BCUT2D eigenvalue weighted by atomic mass is 10.1. The van der Waals surface area contributed by atoms with E-state index in [1.54, 1.807) is 0 Å². The van der Waals surface area contributed by atoms with Gasteiger partial charge in [0.05, 0.1) is 0 Å². The molecule has 0 spiro atoms. The molecular formula is C16H20F2N2O2. The summed E-state index contributed by atoms with van der Waals surface area (Å²) in [6, 6.07) is 3.66. The molecule has 22 heavy (non-hydrogen) atoms. The minimum absolute atomic E-state index is 0.0119. The van der Waals surface area contributed by atoms with Crippen LogP contribution in [-0.2, 0) is 16.1 Å². The largest absolute Gasteiger partial charge is 0.354 e. The molecule has 1 aliphatic rings. The molecule has 0 radical (unpaired) electrons. The Labute approximate surface area is 128 Å². The maximum Gasteiger partial charge on any atom is 0.223 e. The number of rotatable bonds is 5. The zero-order chi connectivity index (χ0) is 16.3. The van der Waals surface area contributed by atoms with Gasteiger partial charge in [-0.05, 0) is 26.3 Å². The first-order valence-electron chi connectivity index (χ1n) is 7.40. The number of hydrogen-bond donors (Lipinski definition) is 1. The summed E-state index contributed by atoms with van der Waals surface area (Å²) in [4.78, 5) is 25.3. The number of benzene rings is 1. The highest BCUT2D eigenvalue weighted by atomic mass is 19.2. The Morgan fingerprint density at radius 3 is 2.82 bits per heavy atom. The molecule has 2 amide bonds. The van der Waals surface area contributed by atoms with Crippen molar-refractivity contribution in [2.24, 2.45) is 0 Å². The van der Waals surface area contributed by atoms with E-state index in [2.05, 4.69) is 5.32 Å². The number of nitrogens with one attached hydrogen (secondary N) is 1. The second-order valence-electron chi connectivity index (χ2n) is 5.85. The zero-order valence-corrected chi connectivity index (χ0v) is 12.7. The van der Waals surface area contributed by atoms with Crippen LogP contribution in [0.3, 0.4) is 0 Å². The fraction of sp³-hybridized carbons (Fsp3) is 0.500. The van der Waals surface area contributed by atoms with Crippen LogP contribution in [0.25, 0.3) is 0 Å². The minimum Gasteiger partial charge on any atom is -0.354 e. The molecule has 1 aromatic rings. The molecule has 2 rings (SSSR count). The van der Waals surface area contributed by atoms with Crippen LogP contribution >= 0.6 is 0 Å². The molecule has 1 N–H and O–H groups in total. The van der Waals surface area contributed by atoms with Crippen LogP contribution in [0.1, 0.15) is 38.7 Å². The maximum absolute atomic E-state index is 13.8. The predicted octanol–water partition coefficient (Wildman–Crippen LogP) is 2.37. The number of carbonyl (C=O) groups excluding carboxylic acids is 2. The van der Waals surface area contributed by atoms with E-state index < -0.39 is 11.6 Å². The van der Waals surface area contributed by atoms with Gasteiger partial charge in [-0.2, -0.15) is 0 Å². The lowest BCUT2D eigenvalue weighted by molar-refractivity contribution is -0.130. The molecule has 120 valence electrons. The van der Waals surface area contributed by atoms with Gasteiger partial charge in [-0.25, -0.2) is 8.78 Å². The predicted molar refractivity (Wildman–Crippen MR) is 77.8 cm³/mol.